The summed E-state index contributed by atoms with van der Waals surface area (Å²) in [5.41, 5.74) is 0.608. The smallest absolute Gasteiger partial charge is 0.303 e. The highest BCUT2D eigenvalue weighted by atomic mass is 32.1. The number of fused-ring (bicyclic) bond motifs is 1. The zero-order valence-electron chi connectivity index (χ0n) is 15.3. The zero-order valence-corrected chi connectivity index (χ0v) is 16.1. The molecule has 28 heavy (non-hydrogen) atoms. The predicted molar refractivity (Wildman–Crippen MR) is 106 cm³/mol. The van der Waals surface area contributed by atoms with E-state index in [4.69, 9.17) is 5.11 Å². The second kappa shape index (κ2) is 8.30. The Labute approximate surface area is 164 Å². The second-order valence-electron chi connectivity index (χ2n) is 6.37. The van der Waals surface area contributed by atoms with Crippen LogP contribution in [-0.2, 0) is 24.2 Å². The van der Waals surface area contributed by atoms with E-state index < -0.39 is 10.9 Å². The minimum atomic E-state index is -0.914. The maximum absolute atomic E-state index is 13.0. The quantitative estimate of drug-likeness (QED) is 0.457. The Morgan fingerprint density at radius 2 is 2.04 bits per heavy atom. The number of hydrogen-bond acceptors (Lipinski definition) is 6. The van der Waals surface area contributed by atoms with Crippen LogP contribution in [0.4, 0.5) is 5.69 Å². The molecule has 2 heterocycles. The van der Waals surface area contributed by atoms with E-state index in [1.54, 1.807) is 12.1 Å². The normalized spacial score (nSPS) is 11.0. The average molecular weight is 401 g/mol. The highest BCUT2D eigenvalue weighted by Gasteiger charge is 2.15. The summed E-state index contributed by atoms with van der Waals surface area (Å²) >= 11 is 1.47. The maximum Gasteiger partial charge on any atom is 0.303 e. The van der Waals surface area contributed by atoms with Gasteiger partial charge in [-0.3, -0.25) is 24.3 Å². The number of benzene rings is 1. The number of carbonyl (C=O) groups is 1. The molecule has 8 nitrogen and oxygen atoms in total. The van der Waals surface area contributed by atoms with Crippen molar-refractivity contribution in [3.05, 3.63) is 67.1 Å². The largest absolute Gasteiger partial charge is 0.481 e. The van der Waals surface area contributed by atoms with Crippen molar-refractivity contribution < 1.29 is 14.8 Å². The van der Waals surface area contributed by atoms with Gasteiger partial charge in [0.1, 0.15) is 10.7 Å². The molecule has 0 bridgehead atoms. The first-order chi connectivity index (χ1) is 13.4. The summed E-state index contributed by atoms with van der Waals surface area (Å²) in [5, 5.41) is 20.3. The number of hydrogen-bond donors (Lipinski definition) is 1. The maximum atomic E-state index is 13.0. The Bertz CT molecular complexity index is 1090. The molecule has 1 N–H and O–H groups in total. The van der Waals surface area contributed by atoms with Crippen LogP contribution in [0.25, 0.3) is 10.2 Å². The SMILES string of the molecule is CCc1cc2c(=O)n(CCCC(=O)O)c(Cc3ccc([N+](=O)[O-])cc3)nc2s1. The van der Waals surface area contributed by atoms with Gasteiger partial charge in [0.2, 0.25) is 0 Å². The minimum absolute atomic E-state index is 0.00291. The van der Waals surface area contributed by atoms with Crippen LogP contribution < -0.4 is 5.56 Å². The van der Waals surface area contributed by atoms with Crippen molar-refractivity contribution in [1.29, 1.82) is 0 Å². The molecule has 0 aliphatic heterocycles. The van der Waals surface area contributed by atoms with E-state index in [0.29, 0.717) is 28.9 Å². The molecule has 0 saturated carbocycles. The third-order valence-electron chi connectivity index (χ3n) is 4.41. The van der Waals surface area contributed by atoms with Gasteiger partial charge in [-0.25, -0.2) is 4.98 Å². The number of carboxylic acids is 1. The summed E-state index contributed by atoms with van der Waals surface area (Å²) < 4.78 is 1.53. The standard InChI is InChI=1S/C19H19N3O5S/c1-2-14-11-15-18(28-14)20-16(21(19(15)25)9-3-4-17(23)24)10-12-5-7-13(8-6-12)22(26)27/h5-8,11H,2-4,9-10H2,1H3,(H,23,24). The molecule has 0 saturated heterocycles. The Balaban J connectivity index is 2.00. The number of carboxylic acid groups (broad SMARTS) is 1. The van der Waals surface area contributed by atoms with Crippen molar-refractivity contribution in [3.63, 3.8) is 0 Å². The number of rotatable bonds is 8. The van der Waals surface area contributed by atoms with E-state index in [0.717, 1.165) is 16.9 Å². The molecular weight excluding hydrogens is 382 g/mol. The van der Waals surface area contributed by atoms with Crippen molar-refractivity contribution in [3.8, 4) is 0 Å². The molecule has 0 amide bonds. The van der Waals surface area contributed by atoms with Gasteiger partial charge in [0.15, 0.2) is 0 Å². The fourth-order valence-electron chi connectivity index (χ4n) is 2.95. The first kappa shape index (κ1) is 19.7. The van der Waals surface area contributed by atoms with E-state index in [1.165, 1.54) is 28.0 Å². The van der Waals surface area contributed by atoms with E-state index >= 15 is 0 Å². The third-order valence-corrected chi connectivity index (χ3v) is 5.58. The summed E-state index contributed by atoms with van der Waals surface area (Å²) in [6.07, 6.45) is 1.42. The number of nitrogens with zero attached hydrogens (tertiary/aromatic N) is 3. The van der Waals surface area contributed by atoms with Gasteiger partial charge in [-0.1, -0.05) is 19.1 Å². The van der Waals surface area contributed by atoms with Crippen LogP contribution in [0.15, 0.2) is 35.1 Å². The Hall–Kier alpha value is -3.07. The lowest BCUT2D eigenvalue weighted by atomic mass is 10.1. The number of thiophene rings is 1. The molecule has 3 aromatic rings. The van der Waals surface area contributed by atoms with Crippen LogP contribution in [0.2, 0.25) is 0 Å². The number of aryl methyl sites for hydroxylation is 1. The number of nitro benzene ring substituents is 1. The Kier molecular flexibility index (Phi) is 5.84. The highest BCUT2D eigenvalue weighted by molar-refractivity contribution is 7.18. The van der Waals surface area contributed by atoms with Gasteiger partial charge in [0, 0.05) is 36.4 Å². The topological polar surface area (TPSA) is 115 Å². The van der Waals surface area contributed by atoms with Crippen molar-refractivity contribution in [2.75, 3.05) is 0 Å². The van der Waals surface area contributed by atoms with Gasteiger partial charge >= 0.3 is 5.97 Å². The number of nitro groups is 1. The number of aliphatic carboxylic acids is 1. The second-order valence-corrected chi connectivity index (χ2v) is 7.48. The predicted octanol–water partition coefficient (Wildman–Crippen LogP) is 3.38. The van der Waals surface area contributed by atoms with Crippen molar-refractivity contribution in [2.24, 2.45) is 0 Å². The lowest BCUT2D eigenvalue weighted by Gasteiger charge is -2.12. The average Bonchev–Trinajstić information content (AvgIpc) is 3.08. The highest BCUT2D eigenvalue weighted by Crippen LogP contribution is 2.23. The van der Waals surface area contributed by atoms with Gasteiger partial charge in [-0.2, -0.15) is 0 Å². The number of aromatic nitrogens is 2. The molecule has 9 heteroatoms. The van der Waals surface area contributed by atoms with E-state index in [1.807, 2.05) is 13.0 Å². The van der Waals surface area contributed by atoms with E-state index in [-0.39, 0.29) is 24.2 Å². The molecule has 3 rings (SSSR count). The van der Waals surface area contributed by atoms with Crippen molar-refractivity contribution in [2.45, 2.75) is 39.2 Å². The molecule has 0 fully saturated rings. The molecule has 0 spiro atoms. The summed E-state index contributed by atoms with van der Waals surface area (Å²) in [4.78, 5) is 40.5. The van der Waals surface area contributed by atoms with Crippen LogP contribution in [0.3, 0.4) is 0 Å². The number of non-ortho nitro benzene ring substituents is 1. The van der Waals surface area contributed by atoms with Gasteiger partial charge in [-0.15, -0.1) is 11.3 Å². The molecule has 0 aliphatic carbocycles. The van der Waals surface area contributed by atoms with Crippen LogP contribution in [0.5, 0.6) is 0 Å². The Morgan fingerprint density at radius 3 is 2.64 bits per heavy atom. The molecule has 0 radical (unpaired) electrons. The van der Waals surface area contributed by atoms with E-state index in [9.17, 15) is 19.7 Å². The molecule has 2 aromatic heterocycles. The third kappa shape index (κ3) is 4.25. The lowest BCUT2D eigenvalue weighted by molar-refractivity contribution is -0.384. The van der Waals surface area contributed by atoms with Crippen LogP contribution >= 0.6 is 11.3 Å². The van der Waals surface area contributed by atoms with E-state index in [2.05, 4.69) is 4.98 Å². The molecule has 1 aromatic carbocycles. The first-order valence-electron chi connectivity index (χ1n) is 8.86. The van der Waals surface area contributed by atoms with Crippen molar-refractivity contribution >= 4 is 33.2 Å². The first-order valence-corrected chi connectivity index (χ1v) is 9.68. The molecule has 0 atom stereocenters. The monoisotopic (exact) mass is 401 g/mol. The van der Waals surface area contributed by atoms with Gasteiger partial charge < -0.3 is 5.11 Å². The minimum Gasteiger partial charge on any atom is -0.481 e. The fraction of sp³-hybridized carbons (Fsp3) is 0.316. The lowest BCUT2D eigenvalue weighted by Crippen LogP contribution is -2.25. The fourth-order valence-corrected chi connectivity index (χ4v) is 3.93. The molecule has 146 valence electrons. The molecule has 0 unspecified atom stereocenters. The molecular formula is C19H19N3O5S. The summed E-state index contributed by atoms with van der Waals surface area (Å²) in [5.74, 6) is -0.385. The van der Waals surface area contributed by atoms with Crippen LogP contribution in [-0.4, -0.2) is 25.6 Å². The van der Waals surface area contributed by atoms with Gasteiger partial charge in [0.05, 0.1) is 10.3 Å². The summed E-state index contributed by atoms with van der Waals surface area (Å²) in [6, 6.07) is 7.96. The zero-order chi connectivity index (χ0) is 20.3. The summed E-state index contributed by atoms with van der Waals surface area (Å²) in [7, 11) is 0. The van der Waals surface area contributed by atoms with Gasteiger partial charge in [0.25, 0.3) is 11.2 Å². The van der Waals surface area contributed by atoms with Gasteiger partial charge in [-0.05, 0) is 24.5 Å². The Morgan fingerprint density at radius 1 is 1.32 bits per heavy atom. The van der Waals surface area contributed by atoms with Crippen LogP contribution in [0, 0.1) is 10.1 Å². The van der Waals surface area contributed by atoms with Crippen molar-refractivity contribution in [1.82, 2.24) is 9.55 Å². The van der Waals surface area contributed by atoms with Crippen LogP contribution in [0.1, 0.15) is 36.0 Å². The molecule has 0 aliphatic rings. The summed E-state index contributed by atoms with van der Waals surface area (Å²) in [6.45, 7) is 2.27.